The summed E-state index contributed by atoms with van der Waals surface area (Å²) in [7, 11) is 0. The van der Waals surface area contributed by atoms with Gasteiger partial charge in [-0.25, -0.2) is 4.79 Å². The van der Waals surface area contributed by atoms with Gasteiger partial charge in [-0.05, 0) is 81.7 Å². The molecule has 1 heterocycles. The van der Waals surface area contributed by atoms with Crippen LogP contribution in [0.2, 0.25) is 0 Å². The molecule has 0 saturated heterocycles. The first kappa shape index (κ1) is 25.7. The van der Waals surface area contributed by atoms with Crippen LogP contribution in [0.1, 0.15) is 69.2 Å². The number of amides is 1. The van der Waals surface area contributed by atoms with Crippen LogP contribution in [0.5, 0.6) is 5.75 Å². The van der Waals surface area contributed by atoms with Crippen LogP contribution in [0, 0.1) is 0 Å². The number of ether oxygens (including phenoxy) is 3. The lowest BCUT2D eigenvalue weighted by molar-refractivity contribution is 0.0118. The molecule has 0 atom stereocenters. The second kappa shape index (κ2) is 12.0. The predicted octanol–water partition coefficient (Wildman–Crippen LogP) is 7.25. The van der Waals surface area contributed by atoms with Crippen molar-refractivity contribution in [3.8, 4) is 5.75 Å². The Morgan fingerprint density at radius 1 is 0.917 bits per heavy atom. The van der Waals surface area contributed by atoms with Gasteiger partial charge in [-0.2, -0.15) is 0 Å². The molecule has 0 unspecified atom stereocenters. The van der Waals surface area contributed by atoms with Gasteiger partial charge in [-0.15, -0.1) is 0 Å². The van der Waals surface area contributed by atoms with Crippen LogP contribution in [-0.2, 0) is 22.7 Å². The summed E-state index contributed by atoms with van der Waals surface area (Å²) in [6.45, 7) is 6.43. The zero-order chi connectivity index (χ0) is 25.4. The van der Waals surface area contributed by atoms with Gasteiger partial charge < -0.3 is 14.2 Å². The van der Waals surface area contributed by atoms with Crippen molar-refractivity contribution in [1.29, 1.82) is 0 Å². The number of rotatable bonds is 8. The van der Waals surface area contributed by atoms with E-state index in [-0.39, 0.29) is 6.10 Å². The van der Waals surface area contributed by atoms with Crippen molar-refractivity contribution < 1.29 is 19.0 Å². The molecule has 0 radical (unpaired) electrons. The first-order valence-electron chi connectivity index (χ1n) is 12.7. The van der Waals surface area contributed by atoms with Gasteiger partial charge in [0, 0.05) is 6.20 Å². The van der Waals surface area contributed by atoms with Gasteiger partial charge in [-0.3, -0.25) is 10.3 Å². The summed E-state index contributed by atoms with van der Waals surface area (Å²) in [4.78, 5) is 16.6. The van der Waals surface area contributed by atoms with E-state index in [4.69, 9.17) is 14.2 Å². The Hall–Kier alpha value is -3.38. The number of carbonyl (C=O) groups is 1. The van der Waals surface area contributed by atoms with E-state index in [1.54, 1.807) is 12.3 Å². The largest absolute Gasteiger partial charge is 0.489 e. The van der Waals surface area contributed by atoms with E-state index in [0.717, 1.165) is 31.4 Å². The number of nitrogens with one attached hydrogen (secondary N) is 1. The lowest BCUT2D eigenvalue weighted by Crippen LogP contribution is -2.27. The highest BCUT2D eigenvalue weighted by atomic mass is 16.6. The fourth-order valence-electron chi connectivity index (χ4n) is 4.50. The van der Waals surface area contributed by atoms with E-state index in [9.17, 15) is 4.79 Å². The van der Waals surface area contributed by atoms with Crippen molar-refractivity contribution in [3.63, 3.8) is 0 Å². The molecule has 1 aromatic heterocycles. The third-order valence-corrected chi connectivity index (χ3v) is 6.25. The predicted molar refractivity (Wildman–Crippen MR) is 141 cm³/mol. The first-order valence-corrected chi connectivity index (χ1v) is 12.7. The number of benzene rings is 2. The number of para-hydroxylation sites is 1. The quantitative estimate of drug-likeness (QED) is 0.362. The Kier molecular flexibility index (Phi) is 8.60. The molecule has 36 heavy (non-hydrogen) atoms. The van der Waals surface area contributed by atoms with E-state index in [1.165, 1.54) is 11.1 Å². The van der Waals surface area contributed by atoms with Gasteiger partial charge in [0.05, 0.1) is 24.1 Å². The molecule has 190 valence electrons. The average molecular weight is 489 g/mol. The molecule has 0 aliphatic heterocycles. The van der Waals surface area contributed by atoms with Gasteiger partial charge in [0.15, 0.2) is 0 Å². The van der Waals surface area contributed by atoms with E-state index in [1.807, 2.05) is 51.1 Å². The van der Waals surface area contributed by atoms with Crippen molar-refractivity contribution in [3.05, 3.63) is 89.7 Å². The summed E-state index contributed by atoms with van der Waals surface area (Å²) < 4.78 is 17.8. The molecule has 1 amide bonds. The number of aromatic nitrogens is 1. The maximum absolute atomic E-state index is 12.2. The number of hydrogen-bond donors (Lipinski definition) is 1. The van der Waals surface area contributed by atoms with Gasteiger partial charge >= 0.3 is 6.09 Å². The molecule has 2 aromatic carbocycles. The van der Waals surface area contributed by atoms with Crippen LogP contribution in [-0.4, -0.2) is 22.8 Å². The van der Waals surface area contributed by atoms with Crippen LogP contribution in [0.25, 0.3) is 0 Å². The van der Waals surface area contributed by atoms with E-state index >= 15 is 0 Å². The zero-order valence-electron chi connectivity index (χ0n) is 21.4. The number of hydrogen-bond acceptors (Lipinski definition) is 5. The Bertz CT molecular complexity index is 1120. The minimum absolute atomic E-state index is 0.162. The normalized spacial score (nSPS) is 17.9. The van der Waals surface area contributed by atoms with Crippen molar-refractivity contribution in [2.75, 3.05) is 5.32 Å². The van der Waals surface area contributed by atoms with E-state index in [2.05, 4.69) is 40.6 Å². The van der Waals surface area contributed by atoms with Crippen molar-refractivity contribution in [2.24, 2.45) is 0 Å². The van der Waals surface area contributed by atoms with Crippen molar-refractivity contribution in [1.82, 2.24) is 4.98 Å². The molecule has 0 bridgehead atoms. The third kappa shape index (κ3) is 7.56. The SMILES string of the molecule is CC(C)(C)OC(=O)Nc1cccnc1COC1CCC(c2ccccc2OCc2ccccc2)CC1. The van der Waals surface area contributed by atoms with Crippen molar-refractivity contribution in [2.45, 2.75) is 77.3 Å². The topological polar surface area (TPSA) is 69.7 Å². The minimum atomic E-state index is -0.563. The van der Waals surface area contributed by atoms with Crippen LogP contribution < -0.4 is 10.1 Å². The molecule has 3 aromatic rings. The molecule has 1 fully saturated rings. The molecule has 6 heteroatoms. The maximum Gasteiger partial charge on any atom is 0.412 e. The van der Waals surface area contributed by atoms with Gasteiger partial charge in [0.25, 0.3) is 0 Å². The van der Waals surface area contributed by atoms with Gasteiger partial charge in [0.1, 0.15) is 18.0 Å². The Morgan fingerprint density at radius 3 is 2.39 bits per heavy atom. The molecule has 4 rings (SSSR count). The second-order valence-corrected chi connectivity index (χ2v) is 10.2. The molecule has 6 nitrogen and oxygen atoms in total. The molecule has 1 aliphatic carbocycles. The highest BCUT2D eigenvalue weighted by Crippen LogP contribution is 2.38. The van der Waals surface area contributed by atoms with Crippen LogP contribution in [0.15, 0.2) is 72.9 Å². The lowest BCUT2D eigenvalue weighted by atomic mass is 9.82. The zero-order valence-corrected chi connectivity index (χ0v) is 21.4. The van der Waals surface area contributed by atoms with Crippen LogP contribution in [0.3, 0.4) is 0 Å². The summed E-state index contributed by atoms with van der Waals surface area (Å²) >= 11 is 0. The van der Waals surface area contributed by atoms with Crippen LogP contribution in [0.4, 0.5) is 10.5 Å². The second-order valence-electron chi connectivity index (χ2n) is 10.2. The highest BCUT2D eigenvalue weighted by Gasteiger charge is 2.25. The van der Waals surface area contributed by atoms with Crippen LogP contribution >= 0.6 is 0 Å². The maximum atomic E-state index is 12.2. The summed E-state index contributed by atoms with van der Waals surface area (Å²) in [5.74, 6) is 1.42. The summed E-state index contributed by atoms with van der Waals surface area (Å²) in [6.07, 6.45) is 5.41. The number of nitrogens with zero attached hydrogens (tertiary/aromatic N) is 1. The lowest BCUT2D eigenvalue weighted by Gasteiger charge is -2.30. The Balaban J connectivity index is 1.29. The molecule has 1 N–H and O–H groups in total. The fourth-order valence-corrected chi connectivity index (χ4v) is 4.50. The Morgan fingerprint density at radius 2 is 1.64 bits per heavy atom. The number of anilines is 1. The smallest absolute Gasteiger partial charge is 0.412 e. The number of pyridine rings is 1. The Labute approximate surface area is 214 Å². The molecular weight excluding hydrogens is 452 g/mol. The first-order chi connectivity index (χ1) is 17.4. The molecule has 1 aliphatic rings. The number of carbonyl (C=O) groups excluding carboxylic acids is 1. The highest BCUT2D eigenvalue weighted by molar-refractivity contribution is 5.85. The van der Waals surface area contributed by atoms with E-state index < -0.39 is 11.7 Å². The molecule has 1 saturated carbocycles. The standard InChI is InChI=1S/C30H36N2O4/c1-30(2,3)36-29(33)32-26-13-9-19-31-27(26)21-34-24-17-15-23(16-18-24)25-12-7-8-14-28(25)35-20-22-10-5-4-6-11-22/h4-14,19,23-24H,15-18,20-21H2,1-3H3,(H,32,33). The summed E-state index contributed by atoms with van der Waals surface area (Å²) in [5, 5.41) is 2.80. The summed E-state index contributed by atoms with van der Waals surface area (Å²) in [5.41, 5.74) is 3.20. The fraction of sp³-hybridized carbons (Fsp3) is 0.400. The van der Waals surface area contributed by atoms with E-state index in [0.29, 0.717) is 30.5 Å². The molecule has 0 spiro atoms. The summed E-state index contributed by atoms with van der Waals surface area (Å²) in [6, 6.07) is 22.3. The van der Waals surface area contributed by atoms with Crippen molar-refractivity contribution >= 4 is 11.8 Å². The monoisotopic (exact) mass is 488 g/mol. The average Bonchev–Trinajstić information content (AvgIpc) is 2.87. The molecular formula is C30H36N2O4. The minimum Gasteiger partial charge on any atom is -0.489 e. The van der Waals surface area contributed by atoms with Gasteiger partial charge in [-0.1, -0.05) is 48.5 Å². The van der Waals surface area contributed by atoms with Gasteiger partial charge in [0.2, 0.25) is 0 Å². The third-order valence-electron chi connectivity index (χ3n) is 6.25.